The van der Waals surface area contributed by atoms with Crippen molar-refractivity contribution in [1.29, 1.82) is 0 Å². The van der Waals surface area contributed by atoms with E-state index in [1.807, 2.05) is 18.2 Å². The number of rotatable bonds is 2. The van der Waals surface area contributed by atoms with Crippen LogP contribution in [-0.4, -0.2) is 9.54 Å². The lowest BCUT2D eigenvalue weighted by Gasteiger charge is -2.19. The summed E-state index contributed by atoms with van der Waals surface area (Å²) >= 11 is -1.19. The highest BCUT2D eigenvalue weighted by Crippen LogP contribution is 2.33. The van der Waals surface area contributed by atoms with Crippen LogP contribution in [0.4, 0.5) is 0 Å². The Morgan fingerprint density at radius 3 is 2.89 bits per heavy atom. The molecule has 3 heteroatoms. The van der Waals surface area contributed by atoms with Gasteiger partial charge in [-0.05, 0) is 43.5 Å². The minimum atomic E-state index is -1.19. The largest absolute Gasteiger partial charge is 0.605 e. The van der Waals surface area contributed by atoms with Crippen molar-refractivity contribution >= 4 is 16.1 Å². The number of hydrogen-bond donors (Lipinski definition) is 0. The van der Waals surface area contributed by atoms with Crippen LogP contribution in [0.2, 0.25) is 0 Å². The van der Waals surface area contributed by atoms with Crippen LogP contribution in [0, 0.1) is 6.92 Å². The molecule has 0 fully saturated rings. The predicted molar refractivity (Wildman–Crippen MR) is 78.1 cm³/mol. The Balaban J connectivity index is 2.01. The highest BCUT2D eigenvalue weighted by Gasteiger charge is 2.25. The molecule has 0 saturated carbocycles. The van der Waals surface area contributed by atoms with Gasteiger partial charge in [0.25, 0.3) is 0 Å². The van der Waals surface area contributed by atoms with Crippen molar-refractivity contribution in [3.63, 3.8) is 0 Å². The summed E-state index contributed by atoms with van der Waals surface area (Å²) in [7, 11) is 0. The van der Waals surface area contributed by atoms with Gasteiger partial charge in [0.2, 0.25) is 5.03 Å². The SMILES string of the molecule is Cc1ccc2c(c1)CCC=C2[S+]([O-])c1ccccn1. The van der Waals surface area contributed by atoms with Crippen LogP contribution in [0.15, 0.2) is 53.7 Å². The van der Waals surface area contributed by atoms with Crippen LogP contribution < -0.4 is 0 Å². The first-order valence-corrected chi connectivity index (χ1v) is 7.53. The maximum Gasteiger partial charge on any atom is 0.250 e. The van der Waals surface area contributed by atoms with Gasteiger partial charge >= 0.3 is 0 Å². The first kappa shape index (κ1) is 12.5. The molecule has 1 aromatic carbocycles. The average molecular weight is 269 g/mol. The monoisotopic (exact) mass is 269 g/mol. The summed E-state index contributed by atoms with van der Waals surface area (Å²) in [5.41, 5.74) is 3.66. The number of hydrogen-bond acceptors (Lipinski definition) is 2. The van der Waals surface area contributed by atoms with E-state index in [2.05, 4.69) is 36.2 Å². The Labute approximate surface area is 116 Å². The second kappa shape index (κ2) is 5.19. The second-order valence-electron chi connectivity index (χ2n) is 4.70. The summed E-state index contributed by atoms with van der Waals surface area (Å²) < 4.78 is 12.6. The molecule has 1 aromatic heterocycles. The third-order valence-electron chi connectivity index (χ3n) is 3.30. The fourth-order valence-electron chi connectivity index (χ4n) is 2.38. The van der Waals surface area contributed by atoms with Gasteiger partial charge in [-0.1, -0.05) is 23.8 Å². The Bertz CT molecular complexity index is 622. The molecule has 96 valence electrons. The maximum atomic E-state index is 12.6. The topological polar surface area (TPSA) is 36.0 Å². The lowest BCUT2D eigenvalue weighted by Crippen LogP contribution is -2.11. The highest BCUT2D eigenvalue weighted by molar-refractivity contribution is 8.00. The molecule has 3 rings (SSSR count). The van der Waals surface area contributed by atoms with Gasteiger partial charge < -0.3 is 4.55 Å². The van der Waals surface area contributed by atoms with E-state index in [9.17, 15) is 4.55 Å². The van der Waals surface area contributed by atoms with Crippen LogP contribution in [-0.2, 0) is 17.6 Å². The molecule has 1 unspecified atom stereocenters. The van der Waals surface area contributed by atoms with E-state index in [0.717, 1.165) is 23.3 Å². The van der Waals surface area contributed by atoms with E-state index >= 15 is 0 Å². The zero-order valence-corrected chi connectivity index (χ0v) is 11.6. The molecule has 0 saturated heterocycles. The molecular weight excluding hydrogens is 254 g/mol. The molecule has 0 aliphatic heterocycles. The van der Waals surface area contributed by atoms with Crippen molar-refractivity contribution in [2.24, 2.45) is 0 Å². The molecule has 0 radical (unpaired) electrons. The highest BCUT2D eigenvalue weighted by atomic mass is 32.2. The molecule has 0 bridgehead atoms. The minimum absolute atomic E-state index is 0.627. The van der Waals surface area contributed by atoms with E-state index in [1.54, 1.807) is 6.20 Å². The zero-order chi connectivity index (χ0) is 13.2. The first-order valence-electron chi connectivity index (χ1n) is 6.38. The fraction of sp³-hybridized carbons (Fsp3) is 0.188. The van der Waals surface area contributed by atoms with Crippen molar-refractivity contribution in [3.05, 3.63) is 65.4 Å². The number of allylic oxidation sites excluding steroid dienone is 1. The third kappa shape index (κ3) is 2.44. The summed E-state index contributed by atoms with van der Waals surface area (Å²) in [6.07, 6.45) is 5.75. The van der Waals surface area contributed by atoms with Gasteiger partial charge in [-0.3, -0.25) is 0 Å². The average Bonchev–Trinajstić information content (AvgIpc) is 2.46. The molecule has 1 heterocycles. The van der Waals surface area contributed by atoms with E-state index in [0.29, 0.717) is 5.03 Å². The van der Waals surface area contributed by atoms with Crippen molar-refractivity contribution in [2.75, 3.05) is 0 Å². The van der Waals surface area contributed by atoms with Crippen LogP contribution in [0.1, 0.15) is 23.1 Å². The molecule has 2 aromatic rings. The molecule has 1 atom stereocenters. The molecule has 1 aliphatic rings. The number of benzene rings is 1. The van der Waals surface area contributed by atoms with E-state index < -0.39 is 11.2 Å². The molecule has 0 N–H and O–H groups in total. The number of fused-ring (bicyclic) bond motifs is 1. The van der Waals surface area contributed by atoms with Crippen LogP contribution in [0.3, 0.4) is 0 Å². The van der Waals surface area contributed by atoms with Gasteiger partial charge in [0, 0.05) is 29.0 Å². The zero-order valence-electron chi connectivity index (χ0n) is 10.8. The summed E-state index contributed by atoms with van der Waals surface area (Å²) in [4.78, 5) is 5.11. The number of pyridine rings is 1. The van der Waals surface area contributed by atoms with Gasteiger partial charge in [0.05, 0.1) is 0 Å². The van der Waals surface area contributed by atoms with E-state index in [4.69, 9.17) is 0 Å². The number of aromatic nitrogens is 1. The summed E-state index contributed by atoms with van der Waals surface area (Å²) in [5.74, 6) is 0. The predicted octanol–water partition coefficient (Wildman–Crippen LogP) is 3.48. The maximum absolute atomic E-state index is 12.6. The van der Waals surface area contributed by atoms with Gasteiger partial charge in [0.15, 0.2) is 4.91 Å². The van der Waals surface area contributed by atoms with Gasteiger partial charge in [0.1, 0.15) is 0 Å². The Kier molecular flexibility index (Phi) is 3.40. The Morgan fingerprint density at radius 2 is 2.11 bits per heavy atom. The van der Waals surface area contributed by atoms with Gasteiger partial charge in [-0.25, -0.2) is 4.98 Å². The fourth-order valence-corrected chi connectivity index (χ4v) is 3.64. The molecule has 2 nitrogen and oxygen atoms in total. The Hall–Kier alpha value is -1.58. The normalized spacial score (nSPS) is 15.6. The van der Waals surface area contributed by atoms with Crippen molar-refractivity contribution in [3.8, 4) is 0 Å². The van der Waals surface area contributed by atoms with Crippen molar-refractivity contribution in [2.45, 2.75) is 24.8 Å². The second-order valence-corrected chi connectivity index (χ2v) is 6.10. The van der Waals surface area contributed by atoms with Crippen molar-refractivity contribution in [1.82, 2.24) is 4.98 Å². The quantitative estimate of drug-likeness (QED) is 0.782. The standard InChI is InChI=1S/C16H15NOS/c1-12-8-9-14-13(11-12)5-4-6-15(14)19(18)16-7-2-3-10-17-16/h2-3,6-11H,4-5H2,1H3. The Morgan fingerprint density at radius 1 is 1.21 bits per heavy atom. The number of aryl methyl sites for hydroxylation is 2. The molecular formula is C16H15NOS. The van der Waals surface area contributed by atoms with Crippen LogP contribution in [0.5, 0.6) is 0 Å². The van der Waals surface area contributed by atoms with E-state index in [-0.39, 0.29) is 0 Å². The lowest BCUT2D eigenvalue weighted by molar-refractivity contribution is 0.601. The van der Waals surface area contributed by atoms with Gasteiger partial charge in [-0.15, -0.1) is 0 Å². The molecule has 1 aliphatic carbocycles. The lowest BCUT2D eigenvalue weighted by atomic mass is 9.95. The number of nitrogens with zero attached hydrogens (tertiary/aromatic N) is 1. The molecule has 0 spiro atoms. The van der Waals surface area contributed by atoms with Crippen LogP contribution in [0.25, 0.3) is 4.91 Å². The first-order chi connectivity index (χ1) is 9.25. The van der Waals surface area contributed by atoms with Gasteiger partial charge in [-0.2, -0.15) is 0 Å². The van der Waals surface area contributed by atoms with Crippen molar-refractivity contribution < 1.29 is 4.55 Å². The smallest absolute Gasteiger partial charge is 0.250 e. The molecule has 19 heavy (non-hydrogen) atoms. The summed E-state index contributed by atoms with van der Waals surface area (Å²) in [6, 6.07) is 11.9. The van der Waals surface area contributed by atoms with E-state index in [1.165, 1.54) is 11.1 Å². The summed E-state index contributed by atoms with van der Waals surface area (Å²) in [5, 5.41) is 0.627. The minimum Gasteiger partial charge on any atom is -0.605 e. The molecule has 0 amide bonds. The summed E-state index contributed by atoms with van der Waals surface area (Å²) in [6.45, 7) is 2.09. The van der Waals surface area contributed by atoms with Crippen LogP contribution >= 0.6 is 0 Å². The third-order valence-corrected chi connectivity index (χ3v) is 4.70.